The van der Waals surface area contributed by atoms with Crippen molar-refractivity contribution in [2.45, 2.75) is 52.1 Å². The van der Waals surface area contributed by atoms with Gasteiger partial charge in [0.2, 0.25) is 0 Å². The lowest BCUT2D eigenvalue weighted by atomic mass is 9.98. The van der Waals surface area contributed by atoms with Crippen LogP contribution in [0.4, 0.5) is 19.0 Å². The van der Waals surface area contributed by atoms with Gasteiger partial charge in [-0.2, -0.15) is 13.2 Å². The summed E-state index contributed by atoms with van der Waals surface area (Å²) in [6.07, 6.45) is 2.55. The predicted molar refractivity (Wildman–Crippen MR) is 131 cm³/mol. The van der Waals surface area contributed by atoms with Gasteiger partial charge >= 0.3 is 6.18 Å². The van der Waals surface area contributed by atoms with E-state index < -0.39 is 11.7 Å². The fourth-order valence-electron chi connectivity index (χ4n) is 3.94. The smallest absolute Gasteiger partial charge is 0.354 e. The third kappa shape index (κ3) is 8.13. The number of halogens is 5. The molecule has 32 heavy (non-hydrogen) atoms. The van der Waals surface area contributed by atoms with Crippen molar-refractivity contribution in [3.63, 3.8) is 0 Å². The highest BCUT2D eigenvalue weighted by atomic mass is 35.5. The number of piperazine rings is 1. The number of hydrogen-bond acceptors (Lipinski definition) is 3. The van der Waals surface area contributed by atoms with Crippen LogP contribution in [-0.4, -0.2) is 42.6 Å². The molecule has 0 radical (unpaired) electrons. The summed E-state index contributed by atoms with van der Waals surface area (Å²) in [5.41, 5.74) is 3.54. The number of rotatable bonds is 8. The van der Waals surface area contributed by atoms with Gasteiger partial charge in [0.15, 0.2) is 0 Å². The third-order valence-electron chi connectivity index (χ3n) is 5.95. The highest BCUT2D eigenvalue weighted by Crippen LogP contribution is 2.29. The van der Waals surface area contributed by atoms with Crippen LogP contribution in [0.25, 0.3) is 0 Å². The second kappa shape index (κ2) is 13.3. The van der Waals surface area contributed by atoms with Crippen molar-refractivity contribution in [3.05, 3.63) is 58.8 Å². The number of benzene rings is 1. The van der Waals surface area contributed by atoms with Gasteiger partial charge in [-0.1, -0.05) is 38.0 Å². The van der Waals surface area contributed by atoms with Crippen molar-refractivity contribution >= 4 is 30.6 Å². The van der Waals surface area contributed by atoms with E-state index in [0.29, 0.717) is 5.82 Å². The van der Waals surface area contributed by atoms with Gasteiger partial charge in [-0.05, 0) is 55.0 Å². The Hall–Kier alpha value is -1.50. The lowest BCUT2D eigenvalue weighted by Crippen LogP contribution is -2.47. The third-order valence-corrected chi connectivity index (χ3v) is 5.95. The van der Waals surface area contributed by atoms with E-state index in [1.807, 2.05) is 0 Å². The van der Waals surface area contributed by atoms with Crippen LogP contribution in [0, 0.1) is 6.92 Å². The van der Waals surface area contributed by atoms with Crippen molar-refractivity contribution in [1.29, 1.82) is 0 Å². The van der Waals surface area contributed by atoms with Gasteiger partial charge in [-0.15, -0.1) is 24.8 Å². The van der Waals surface area contributed by atoms with E-state index in [4.69, 9.17) is 0 Å². The molecule has 1 aromatic carbocycles. The molecule has 1 aliphatic heterocycles. The molecule has 1 aliphatic rings. The Balaban J connectivity index is 0.00000256. The van der Waals surface area contributed by atoms with Crippen LogP contribution in [0.5, 0.6) is 0 Å². The van der Waals surface area contributed by atoms with Gasteiger partial charge < -0.3 is 4.90 Å². The van der Waals surface area contributed by atoms with Gasteiger partial charge in [0.1, 0.15) is 5.82 Å². The quantitative estimate of drug-likeness (QED) is 0.401. The summed E-state index contributed by atoms with van der Waals surface area (Å²) in [5, 5.41) is 0. The Bertz CT molecular complexity index is 805. The van der Waals surface area contributed by atoms with Crippen LogP contribution in [0.1, 0.15) is 48.4 Å². The molecule has 0 bridgehead atoms. The average molecular weight is 492 g/mol. The Morgan fingerprint density at radius 3 is 2.25 bits per heavy atom. The number of nitrogens with zero attached hydrogens (tertiary/aromatic N) is 3. The molecule has 0 saturated carbocycles. The molecular weight excluding hydrogens is 458 g/mol. The number of unbranched alkanes of at least 4 members (excludes halogenated alkanes) is 2. The summed E-state index contributed by atoms with van der Waals surface area (Å²) in [4.78, 5) is 8.51. The number of pyridine rings is 1. The maximum absolute atomic E-state index is 12.7. The monoisotopic (exact) mass is 491 g/mol. The molecule has 3 nitrogen and oxygen atoms in total. The molecule has 0 N–H and O–H groups in total. The van der Waals surface area contributed by atoms with Crippen LogP contribution in [-0.2, 0) is 19.0 Å². The SMILES string of the molecule is CCCCCc1cc(CCN2CCN(c3ccc(C(F)(F)F)cn3)CC2)ccc1C.Cl.Cl. The molecule has 0 amide bonds. The molecule has 1 saturated heterocycles. The van der Waals surface area contributed by atoms with E-state index >= 15 is 0 Å². The van der Waals surface area contributed by atoms with E-state index in [2.05, 4.69) is 46.8 Å². The molecule has 0 unspecified atom stereocenters. The molecule has 0 atom stereocenters. The van der Waals surface area contributed by atoms with Gasteiger partial charge in [0.05, 0.1) is 5.56 Å². The van der Waals surface area contributed by atoms with Gasteiger partial charge in [0.25, 0.3) is 0 Å². The minimum Gasteiger partial charge on any atom is -0.354 e. The fraction of sp³-hybridized carbons (Fsp3) is 0.542. The number of alkyl halides is 3. The van der Waals surface area contributed by atoms with Crippen LogP contribution in [0.3, 0.4) is 0 Å². The Labute approximate surface area is 202 Å². The molecule has 2 heterocycles. The fourth-order valence-corrected chi connectivity index (χ4v) is 3.94. The summed E-state index contributed by atoms with van der Waals surface area (Å²) in [6, 6.07) is 9.44. The normalized spacial score (nSPS) is 14.6. The van der Waals surface area contributed by atoms with Crippen molar-refractivity contribution in [3.8, 4) is 0 Å². The molecule has 180 valence electrons. The molecular formula is C24H34Cl2F3N3. The number of anilines is 1. The first-order valence-corrected chi connectivity index (χ1v) is 11.0. The number of aryl methyl sites for hydroxylation is 2. The van der Waals surface area contributed by atoms with Crippen molar-refractivity contribution in [2.24, 2.45) is 0 Å². The van der Waals surface area contributed by atoms with E-state index in [0.717, 1.165) is 57.8 Å². The minimum absolute atomic E-state index is 0. The summed E-state index contributed by atoms with van der Waals surface area (Å²) in [5.74, 6) is 0.623. The maximum Gasteiger partial charge on any atom is 0.417 e. The van der Waals surface area contributed by atoms with Crippen molar-refractivity contribution < 1.29 is 13.2 Å². The van der Waals surface area contributed by atoms with E-state index in [-0.39, 0.29) is 24.8 Å². The molecule has 0 spiro atoms. The standard InChI is InChI=1S/C24H32F3N3.2ClH/c1-3-4-5-6-21-17-20(8-7-19(21)2)11-12-29-13-15-30(16-14-29)23-10-9-22(18-28-23)24(25,26)27;;/h7-10,17-18H,3-6,11-16H2,1-2H3;2*1H. The maximum atomic E-state index is 12.7. The van der Waals surface area contributed by atoms with Gasteiger partial charge in [0, 0.05) is 38.9 Å². The van der Waals surface area contributed by atoms with Crippen LogP contribution in [0.2, 0.25) is 0 Å². The Kier molecular flexibility index (Phi) is 11.8. The predicted octanol–water partition coefficient (Wildman–Crippen LogP) is 6.35. The first-order chi connectivity index (χ1) is 14.4. The average Bonchev–Trinajstić information content (AvgIpc) is 2.74. The van der Waals surface area contributed by atoms with E-state index in [9.17, 15) is 13.2 Å². The largest absolute Gasteiger partial charge is 0.417 e. The molecule has 8 heteroatoms. The lowest BCUT2D eigenvalue weighted by molar-refractivity contribution is -0.137. The molecule has 1 fully saturated rings. The molecule has 0 aliphatic carbocycles. The van der Waals surface area contributed by atoms with Crippen molar-refractivity contribution in [1.82, 2.24) is 9.88 Å². The minimum atomic E-state index is -4.34. The highest BCUT2D eigenvalue weighted by molar-refractivity contribution is 5.85. The van der Waals surface area contributed by atoms with E-state index in [1.54, 1.807) is 0 Å². The number of hydrogen-bond donors (Lipinski definition) is 0. The Morgan fingerprint density at radius 1 is 0.938 bits per heavy atom. The first-order valence-electron chi connectivity index (χ1n) is 11.0. The zero-order chi connectivity index (χ0) is 21.6. The van der Waals surface area contributed by atoms with Crippen LogP contribution < -0.4 is 4.90 Å². The second-order valence-electron chi connectivity index (χ2n) is 8.20. The number of aromatic nitrogens is 1. The van der Waals surface area contributed by atoms with Gasteiger partial charge in [-0.25, -0.2) is 4.98 Å². The zero-order valence-electron chi connectivity index (χ0n) is 18.8. The highest BCUT2D eigenvalue weighted by Gasteiger charge is 2.31. The van der Waals surface area contributed by atoms with Crippen molar-refractivity contribution in [2.75, 3.05) is 37.6 Å². The van der Waals surface area contributed by atoms with Gasteiger partial charge in [-0.3, -0.25) is 4.90 Å². The van der Waals surface area contributed by atoms with Crippen LogP contribution in [0.15, 0.2) is 36.5 Å². The molecule has 3 rings (SSSR count). The second-order valence-corrected chi connectivity index (χ2v) is 8.20. The summed E-state index contributed by atoms with van der Waals surface area (Å²) < 4.78 is 38.1. The molecule has 1 aromatic heterocycles. The Morgan fingerprint density at radius 2 is 1.66 bits per heavy atom. The summed E-state index contributed by atoms with van der Waals surface area (Å²) in [7, 11) is 0. The molecule has 2 aromatic rings. The zero-order valence-corrected chi connectivity index (χ0v) is 20.5. The first kappa shape index (κ1) is 28.5. The summed E-state index contributed by atoms with van der Waals surface area (Å²) >= 11 is 0. The lowest BCUT2D eigenvalue weighted by Gasteiger charge is -2.35. The topological polar surface area (TPSA) is 19.4 Å². The summed E-state index contributed by atoms with van der Waals surface area (Å²) in [6.45, 7) is 8.81. The van der Waals surface area contributed by atoms with Crippen LogP contribution >= 0.6 is 24.8 Å². The van der Waals surface area contributed by atoms with E-state index in [1.165, 1.54) is 42.0 Å².